The molecule has 0 unspecified atom stereocenters. The van der Waals surface area contributed by atoms with Gasteiger partial charge in [0, 0.05) is 6.54 Å². The Morgan fingerprint density at radius 2 is 2.03 bits per heavy atom. The van der Waals surface area contributed by atoms with E-state index in [0.29, 0.717) is 30.9 Å². The topological polar surface area (TPSA) is 85.3 Å². The van der Waals surface area contributed by atoms with Gasteiger partial charge in [-0.1, -0.05) is 23.8 Å². The molecule has 0 saturated carbocycles. The van der Waals surface area contributed by atoms with Gasteiger partial charge >= 0.3 is 5.97 Å². The van der Waals surface area contributed by atoms with E-state index in [9.17, 15) is 14.7 Å². The summed E-state index contributed by atoms with van der Waals surface area (Å²) in [5, 5.41) is 9.74. The number of amides is 1. The number of hydrogen-bond acceptors (Lipinski definition) is 5. The average Bonchev–Trinajstić information content (AvgIpc) is 3.35. The summed E-state index contributed by atoms with van der Waals surface area (Å²) in [5.41, 5.74) is 1.04. The summed E-state index contributed by atoms with van der Waals surface area (Å²) in [6.45, 7) is 6.40. The molecule has 1 spiro atoms. The Kier molecular flexibility index (Phi) is 5.10. The van der Waals surface area contributed by atoms with E-state index in [-0.39, 0.29) is 11.9 Å². The first-order valence-corrected chi connectivity index (χ1v) is 10.1. The highest BCUT2D eigenvalue weighted by Crippen LogP contribution is 2.56. The fraction of sp³-hybridized carbons (Fsp3) is 0.478. The van der Waals surface area contributed by atoms with Gasteiger partial charge in [-0.15, -0.1) is 6.58 Å². The minimum atomic E-state index is -0.986. The molecule has 3 heterocycles. The third-order valence-corrected chi connectivity index (χ3v) is 6.45. The molecular formula is C23H27NO6. The van der Waals surface area contributed by atoms with Gasteiger partial charge in [-0.25, -0.2) is 0 Å². The number of carbonyl (C=O) groups excluding carboxylic acids is 1. The maximum absolute atomic E-state index is 13.4. The molecule has 7 heteroatoms. The van der Waals surface area contributed by atoms with Gasteiger partial charge in [-0.2, -0.15) is 0 Å². The van der Waals surface area contributed by atoms with E-state index < -0.39 is 29.5 Å². The van der Waals surface area contributed by atoms with Gasteiger partial charge in [-0.3, -0.25) is 9.59 Å². The van der Waals surface area contributed by atoms with E-state index in [1.54, 1.807) is 25.2 Å². The van der Waals surface area contributed by atoms with Gasteiger partial charge in [0.1, 0.15) is 11.5 Å². The molecular weight excluding hydrogens is 386 g/mol. The van der Waals surface area contributed by atoms with Crippen LogP contribution in [0, 0.1) is 11.8 Å². The molecule has 1 aromatic carbocycles. The highest BCUT2D eigenvalue weighted by molar-refractivity contribution is 5.91. The Balaban J connectivity index is 1.61. The summed E-state index contributed by atoms with van der Waals surface area (Å²) in [7, 11) is 3.17. The van der Waals surface area contributed by atoms with Gasteiger partial charge in [-0.05, 0) is 37.5 Å². The van der Waals surface area contributed by atoms with Crippen LogP contribution in [0.5, 0.6) is 11.5 Å². The van der Waals surface area contributed by atoms with Crippen LogP contribution in [0.1, 0.15) is 18.9 Å². The largest absolute Gasteiger partial charge is 0.493 e. The number of carboxylic acids is 1. The molecule has 1 N–H and O–H groups in total. The van der Waals surface area contributed by atoms with Crippen molar-refractivity contribution in [2.45, 2.75) is 37.5 Å². The number of carbonyl (C=O) groups is 2. The molecule has 3 aliphatic heterocycles. The van der Waals surface area contributed by atoms with Crippen molar-refractivity contribution in [3.8, 4) is 11.5 Å². The maximum atomic E-state index is 13.4. The van der Waals surface area contributed by atoms with Crippen molar-refractivity contribution in [2.24, 2.45) is 11.8 Å². The van der Waals surface area contributed by atoms with Crippen LogP contribution >= 0.6 is 0 Å². The second-order valence-corrected chi connectivity index (χ2v) is 8.28. The molecule has 2 bridgehead atoms. The Morgan fingerprint density at radius 1 is 1.30 bits per heavy atom. The maximum Gasteiger partial charge on any atom is 0.310 e. The molecule has 2 fully saturated rings. The minimum Gasteiger partial charge on any atom is -0.493 e. The van der Waals surface area contributed by atoms with Crippen LogP contribution in [0.25, 0.3) is 0 Å². The molecule has 5 atom stereocenters. The Bertz CT molecular complexity index is 924. The highest BCUT2D eigenvalue weighted by Gasteiger charge is 2.70. The number of benzene rings is 1. The molecule has 4 rings (SSSR count). The third kappa shape index (κ3) is 2.99. The number of likely N-dealkylation sites (tertiary alicyclic amines) is 1. The van der Waals surface area contributed by atoms with E-state index in [1.165, 1.54) is 0 Å². The average molecular weight is 413 g/mol. The molecule has 0 aromatic heterocycles. The van der Waals surface area contributed by atoms with Gasteiger partial charge in [0.25, 0.3) is 0 Å². The van der Waals surface area contributed by atoms with Crippen molar-refractivity contribution < 1.29 is 28.9 Å². The van der Waals surface area contributed by atoms with E-state index in [4.69, 9.17) is 14.2 Å². The summed E-state index contributed by atoms with van der Waals surface area (Å²) in [6.07, 6.45) is 4.33. The van der Waals surface area contributed by atoms with E-state index in [0.717, 1.165) is 11.1 Å². The molecule has 0 radical (unpaired) electrons. The van der Waals surface area contributed by atoms with Gasteiger partial charge in [0.15, 0.2) is 11.5 Å². The highest BCUT2D eigenvalue weighted by atomic mass is 16.5. The van der Waals surface area contributed by atoms with E-state index in [2.05, 4.69) is 6.58 Å². The van der Waals surface area contributed by atoms with Crippen LogP contribution in [-0.4, -0.2) is 60.4 Å². The first-order valence-electron chi connectivity index (χ1n) is 10.1. The standard InChI is InChI=1S/C23H27NO6/c1-13(2)11-18-23-9-7-16(30-23)19(22(26)27)20(23)21(25)24(18)10-8-14-5-6-15(28-3)17(12-14)29-4/h5-7,9,12,16,18-20H,1,8,10-11H2,2-4H3,(H,26,27)/t16-,18+,19+,20-,23+/m1/s1. The summed E-state index contributed by atoms with van der Waals surface area (Å²) in [6, 6.07) is 5.41. The number of nitrogens with zero attached hydrogens (tertiary/aromatic N) is 1. The lowest BCUT2D eigenvalue weighted by atomic mass is 9.74. The molecule has 160 valence electrons. The Morgan fingerprint density at radius 3 is 2.67 bits per heavy atom. The van der Waals surface area contributed by atoms with E-state index >= 15 is 0 Å². The molecule has 0 aliphatic carbocycles. The van der Waals surface area contributed by atoms with Crippen LogP contribution in [0.2, 0.25) is 0 Å². The first kappa shape index (κ1) is 20.5. The monoisotopic (exact) mass is 413 g/mol. The number of aliphatic carboxylic acids is 1. The lowest BCUT2D eigenvalue weighted by molar-refractivity contribution is -0.148. The SMILES string of the molecule is C=C(C)C[C@@H]1N(CCc2ccc(OC)c(OC)c2)C(=O)[C@H]2[C@@H](C(=O)O)[C@H]3C=C[C@]12O3. The zero-order chi connectivity index (χ0) is 21.6. The number of hydrogen-bond donors (Lipinski definition) is 1. The summed E-state index contributed by atoms with van der Waals surface area (Å²) >= 11 is 0. The number of fused-ring (bicyclic) bond motifs is 1. The first-order chi connectivity index (χ1) is 14.3. The second kappa shape index (κ2) is 7.47. The molecule has 7 nitrogen and oxygen atoms in total. The quantitative estimate of drug-likeness (QED) is 0.659. The van der Waals surface area contributed by atoms with Crippen molar-refractivity contribution >= 4 is 11.9 Å². The molecule has 30 heavy (non-hydrogen) atoms. The van der Waals surface area contributed by atoms with Crippen molar-refractivity contribution in [1.29, 1.82) is 0 Å². The number of methoxy groups -OCH3 is 2. The minimum absolute atomic E-state index is 0.152. The van der Waals surface area contributed by atoms with Crippen LogP contribution < -0.4 is 9.47 Å². The van der Waals surface area contributed by atoms with Crippen molar-refractivity contribution in [2.75, 3.05) is 20.8 Å². The molecule has 2 saturated heterocycles. The fourth-order valence-electron chi connectivity index (χ4n) is 5.15. The lowest BCUT2D eigenvalue weighted by Gasteiger charge is -2.33. The van der Waals surface area contributed by atoms with Gasteiger partial charge in [0.05, 0.1) is 32.3 Å². The lowest BCUT2D eigenvalue weighted by Crippen LogP contribution is -2.45. The second-order valence-electron chi connectivity index (χ2n) is 8.28. The van der Waals surface area contributed by atoms with Crippen molar-refractivity contribution in [3.63, 3.8) is 0 Å². The molecule has 3 aliphatic rings. The summed E-state index contributed by atoms with van der Waals surface area (Å²) in [4.78, 5) is 27.1. The smallest absolute Gasteiger partial charge is 0.310 e. The van der Waals surface area contributed by atoms with Crippen LogP contribution in [-0.2, 0) is 20.7 Å². The zero-order valence-electron chi connectivity index (χ0n) is 17.5. The number of rotatable bonds is 8. The van der Waals surface area contributed by atoms with Gasteiger partial charge < -0.3 is 24.2 Å². The van der Waals surface area contributed by atoms with Crippen LogP contribution in [0.4, 0.5) is 0 Å². The number of carboxylic acid groups (broad SMARTS) is 1. The van der Waals surface area contributed by atoms with E-state index in [1.807, 2.05) is 31.2 Å². The molecule has 1 aromatic rings. The number of ether oxygens (including phenoxy) is 3. The fourth-order valence-corrected chi connectivity index (χ4v) is 5.15. The van der Waals surface area contributed by atoms with Gasteiger partial charge in [0.2, 0.25) is 5.91 Å². The van der Waals surface area contributed by atoms with Crippen LogP contribution in [0.3, 0.4) is 0 Å². The van der Waals surface area contributed by atoms with Crippen molar-refractivity contribution in [3.05, 3.63) is 48.1 Å². The summed E-state index contributed by atoms with van der Waals surface area (Å²) in [5.74, 6) is -1.40. The predicted molar refractivity (Wildman–Crippen MR) is 110 cm³/mol. The zero-order valence-corrected chi connectivity index (χ0v) is 17.5. The Labute approximate surface area is 175 Å². The Hall–Kier alpha value is -2.80. The van der Waals surface area contributed by atoms with Crippen molar-refractivity contribution in [1.82, 2.24) is 4.90 Å². The van der Waals surface area contributed by atoms with Crippen LogP contribution in [0.15, 0.2) is 42.5 Å². The predicted octanol–water partition coefficient (Wildman–Crippen LogP) is 2.45. The normalized spacial score (nSPS) is 31.2. The summed E-state index contributed by atoms with van der Waals surface area (Å²) < 4.78 is 16.8. The third-order valence-electron chi connectivity index (χ3n) is 6.45. The molecule has 1 amide bonds.